The summed E-state index contributed by atoms with van der Waals surface area (Å²) in [5.41, 5.74) is 0. The van der Waals surface area contributed by atoms with Gasteiger partial charge in [0.1, 0.15) is 4.38 Å². The number of carbonyl (C=O) groups is 1. The minimum Gasteiger partial charge on any atom is -0.339 e. The SMILES string of the molecule is O=C(CSC1=NCCS1)N1CCNCC1. The van der Waals surface area contributed by atoms with Crippen LogP contribution in [0.15, 0.2) is 4.99 Å². The summed E-state index contributed by atoms with van der Waals surface area (Å²) in [5, 5.41) is 3.24. The highest BCUT2D eigenvalue weighted by Crippen LogP contribution is 2.22. The molecule has 0 radical (unpaired) electrons. The molecular formula is C9H15N3OS2. The van der Waals surface area contributed by atoms with Crippen LogP contribution in [-0.2, 0) is 4.79 Å². The zero-order chi connectivity index (χ0) is 10.5. The van der Waals surface area contributed by atoms with Crippen LogP contribution in [0.25, 0.3) is 0 Å². The van der Waals surface area contributed by atoms with Crippen LogP contribution in [0, 0.1) is 0 Å². The highest BCUT2D eigenvalue weighted by molar-refractivity contribution is 8.39. The third-order valence-electron chi connectivity index (χ3n) is 2.35. The molecule has 0 saturated carbocycles. The molecule has 1 N–H and O–H groups in total. The summed E-state index contributed by atoms with van der Waals surface area (Å²) in [6.45, 7) is 4.45. The van der Waals surface area contributed by atoms with Crippen LogP contribution in [0.4, 0.5) is 0 Å². The van der Waals surface area contributed by atoms with E-state index >= 15 is 0 Å². The molecule has 4 nitrogen and oxygen atoms in total. The van der Waals surface area contributed by atoms with E-state index in [1.807, 2.05) is 4.90 Å². The van der Waals surface area contributed by atoms with E-state index in [1.54, 1.807) is 23.5 Å². The van der Waals surface area contributed by atoms with Crippen molar-refractivity contribution in [3.63, 3.8) is 0 Å². The molecule has 15 heavy (non-hydrogen) atoms. The van der Waals surface area contributed by atoms with Crippen molar-refractivity contribution in [2.75, 3.05) is 44.2 Å². The number of carbonyl (C=O) groups excluding carboxylic acids is 1. The predicted molar refractivity (Wildman–Crippen MR) is 66.7 cm³/mol. The Hall–Kier alpha value is -0.200. The number of hydrogen-bond donors (Lipinski definition) is 1. The van der Waals surface area contributed by atoms with Crippen molar-refractivity contribution in [2.45, 2.75) is 0 Å². The summed E-state index contributed by atoms with van der Waals surface area (Å²) in [7, 11) is 0. The second-order valence-corrected chi connectivity index (χ2v) is 5.72. The number of hydrogen-bond acceptors (Lipinski definition) is 5. The van der Waals surface area contributed by atoms with Gasteiger partial charge in [-0.3, -0.25) is 9.79 Å². The summed E-state index contributed by atoms with van der Waals surface area (Å²) >= 11 is 3.35. The molecule has 0 atom stereocenters. The molecule has 1 saturated heterocycles. The van der Waals surface area contributed by atoms with E-state index in [2.05, 4.69) is 10.3 Å². The van der Waals surface area contributed by atoms with Crippen molar-refractivity contribution >= 4 is 33.8 Å². The van der Waals surface area contributed by atoms with E-state index in [0.717, 1.165) is 42.9 Å². The number of aliphatic imine (C=N–C) groups is 1. The Morgan fingerprint density at radius 3 is 3.00 bits per heavy atom. The fourth-order valence-electron chi connectivity index (χ4n) is 1.53. The van der Waals surface area contributed by atoms with E-state index in [0.29, 0.717) is 5.75 Å². The van der Waals surface area contributed by atoms with Gasteiger partial charge in [0, 0.05) is 31.9 Å². The number of nitrogens with zero attached hydrogens (tertiary/aromatic N) is 2. The molecule has 0 bridgehead atoms. The quantitative estimate of drug-likeness (QED) is 0.758. The normalized spacial score (nSPS) is 21.6. The summed E-state index contributed by atoms with van der Waals surface area (Å²) in [5.74, 6) is 1.87. The van der Waals surface area contributed by atoms with Gasteiger partial charge in [-0.05, 0) is 0 Å². The number of thioether (sulfide) groups is 2. The second-order valence-electron chi connectivity index (χ2n) is 3.42. The molecule has 0 spiro atoms. The molecule has 0 aromatic carbocycles. The van der Waals surface area contributed by atoms with Gasteiger partial charge in [0.15, 0.2) is 0 Å². The lowest BCUT2D eigenvalue weighted by molar-refractivity contribution is -0.128. The van der Waals surface area contributed by atoms with Crippen LogP contribution in [0.3, 0.4) is 0 Å². The topological polar surface area (TPSA) is 44.7 Å². The Balaban J connectivity index is 1.71. The Labute approximate surface area is 98.3 Å². The molecule has 84 valence electrons. The molecule has 2 aliphatic heterocycles. The average Bonchev–Trinajstić information content (AvgIpc) is 2.80. The molecule has 2 heterocycles. The third kappa shape index (κ3) is 3.39. The van der Waals surface area contributed by atoms with Gasteiger partial charge in [0.2, 0.25) is 5.91 Å². The minimum atomic E-state index is 0.247. The molecule has 1 amide bonds. The summed E-state index contributed by atoms with van der Waals surface area (Å²) in [6, 6.07) is 0. The lowest BCUT2D eigenvalue weighted by atomic mass is 10.3. The fraction of sp³-hybridized carbons (Fsp3) is 0.778. The van der Waals surface area contributed by atoms with Gasteiger partial charge >= 0.3 is 0 Å². The van der Waals surface area contributed by atoms with Crippen LogP contribution < -0.4 is 5.32 Å². The predicted octanol–water partition coefficient (Wildman–Crippen LogP) is 0.254. The van der Waals surface area contributed by atoms with E-state index in [1.165, 1.54) is 0 Å². The van der Waals surface area contributed by atoms with Crippen LogP contribution in [0.2, 0.25) is 0 Å². The van der Waals surface area contributed by atoms with E-state index in [9.17, 15) is 4.79 Å². The summed E-state index contributed by atoms with van der Waals surface area (Å²) < 4.78 is 1.08. The first-order valence-electron chi connectivity index (χ1n) is 5.15. The van der Waals surface area contributed by atoms with Gasteiger partial charge < -0.3 is 10.2 Å². The Morgan fingerprint density at radius 2 is 2.33 bits per heavy atom. The van der Waals surface area contributed by atoms with Crippen molar-refractivity contribution < 1.29 is 4.79 Å². The smallest absolute Gasteiger partial charge is 0.233 e. The molecule has 0 aliphatic carbocycles. The largest absolute Gasteiger partial charge is 0.339 e. The second kappa shape index (κ2) is 5.77. The molecule has 0 unspecified atom stereocenters. The zero-order valence-corrected chi connectivity index (χ0v) is 10.2. The van der Waals surface area contributed by atoms with Gasteiger partial charge in [-0.2, -0.15) is 0 Å². The van der Waals surface area contributed by atoms with Crippen molar-refractivity contribution in [2.24, 2.45) is 4.99 Å². The number of amides is 1. The highest BCUT2D eigenvalue weighted by atomic mass is 32.2. The van der Waals surface area contributed by atoms with Crippen molar-refractivity contribution in [1.29, 1.82) is 0 Å². The minimum absolute atomic E-state index is 0.247. The van der Waals surface area contributed by atoms with Crippen LogP contribution >= 0.6 is 23.5 Å². The van der Waals surface area contributed by atoms with E-state index < -0.39 is 0 Å². The lowest BCUT2D eigenvalue weighted by Gasteiger charge is -2.27. The lowest BCUT2D eigenvalue weighted by Crippen LogP contribution is -2.47. The Morgan fingerprint density at radius 1 is 1.53 bits per heavy atom. The average molecular weight is 245 g/mol. The standard InChI is InChI=1S/C9H15N3OS2/c13-8(12-4-1-10-2-5-12)7-15-9-11-3-6-14-9/h10H,1-7H2. The zero-order valence-electron chi connectivity index (χ0n) is 8.57. The maximum absolute atomic E-state index is 11.8. The van der Waals surface area contributed by atoms with Gasteiger partial charge in [0.25, 0.3) is 0 Å². The first-order valence-corrected chi connectivity index (χ1v) is 7.12. The maximum atomic E-state index is 11.8. The molecule has 2 rings (SSSR count). The van der Waals surface area contributed by atoms with Gasteiger partial charge in [0.05, 0.1) is 12.3 Å². The molecule has 6 heteroatoms. The Kier molecular flexibility index (Phi) is 4.34. The highest BCUT2D eigenvalue weighted by Gasteiger charge is 2.17. The van der Waals surface area contributed by atoms with Gasteiger partial charge in [-0.1, -0.05) is 23.5 Å². The van der Waals surface area contributed by atoms with Gasteiger partial charge in [-0.15, -0.1) is 0 Å². The molecule has 0 aromatic heterocycles. The van der Waals surface area contributed by atoms with Crippen molar-refractivity contribution in [3.8, 4) is 0 Å². The summed E-state index contributed by atoms with van der Waals surface area (Å²) in [6.07, 6.45) is 0. The van der Waals surface area contributed by atoms with Crippen molar-refractivity contribution in [1.82, 2.24) is 10.2 Å². The van der Waals surface area contributed by atoms with E-state index in [-0.39, 0.29) is 5.91 Å². The molecular weight excluding hydrogens is 230 g/mol. The first-order chi connectivity index (χ1) is 7.36. The molecule has 0 aromatic rings. The summed E-state index contributed by atoms with van der Waals surface area (Å²) in [4.78, 5) is 18.0. The fourth-order valence-corrected chi connectivity index (χ4v) is 3.44. The van der Waals surface area contributed by atoms with Gasteiger partial charge in [-0.25, -0.2) is 0 Å². The Bertz CT molecular complexity index is 264. The van der Waals surface area contributed by atoms with E-state index in [4.69, 9.17) is 0 Å². The number of rotatable bonds is 2. The molecule has 2 aliphatic rings. The van der Waals surface area contributed by atoms with Crippen molar-refractivity contribution in [3.05, 3.63) is 0 Å². The number of piperazine rings is 1. The number of nitrogens with one attached hydrogen (secondary N) is 1. The van der Waals surface area contributed by atoms with Crippen LogP contribution in [-0.4, -0.2) is 59.4 Å². The maximum Gasteiger partial charge on any atom is 0.233 e. The van der Waals surface area contributed by atoms with Crippen LogP contribution in [0.1, 0.15) is 0 Å². The third-order valence-corrected chi connectivity index (χ3v) is 4.58. The monoisotopic (exact) mass is 245 g/mol. The first kappa shape index (κ1) is 11.3. The van der Waals surface area contributed by atoms with Crippen LogP contribution in [0.5, 0.6) is 0 Å². The molecule has 1 fully saturated rings.